The molecule has 0 amide bonds. The molecule has 17 heavy (non-hydrogen) atoms. The maximum Gasteiger partial charge on any atom is 0.0589 e. The highest BCUT2D eigenvalue weighted by Gasteiger charge is 2.03. The van der Waals surface area contributed by atoms with Crippen LogP contribution in [0.3, 0.4) is 0 Å². The summed E-state index contributed by atoms with van der Waals surface area (Å²) in [5.41, 5.74) is 0. The van der Waals surface area contributed by atoms with Crippen LogP contribution in [0, 0.1) is 0 Å². The first-order chi connectivity index (χ1) is 8.35. The van der Waals surface area contributed by atoms with Gasteiger partial charge in [-0.05, 0) is 39.4 Å². The minimum absolute atomic E-state index is 0.823. The van der Waals surface area contributed by atoms with Crippen LogP contribution in [-0.2, 0) is 9.47 Å². The van der Waals surface area contributed by atoms with Crippen LogP contribution in [0.2, 0.25) is 0 Å². The van der Waals surface area contributed by atoms with E-state index in [1.54, 1.807) is 14.2 Å². The second-order valence-electron chi connectivity index (χ2n) is 4.35. The van der Waals surface area contributed by atoms with Crippen molar-refractivity contribution in [3.63, 3.8) is 0 Å². The van der Waals surface area contributed by atoms with Crippen LogP contribution in [0.15, 0.2) is 0 Å². The van der Waals surface area contributed by atoms with Gasteiger partial charge in [0, 0.05) is 33.9 Å². The third-order valence-corrected chi connectivity index (χ3v) is 2.84. The first-order valence-corrected chi connectivity index (χ1v) is 6.70. The monoisotopic (exact) mass is 246 g/mol. The van der Waals surface area contributed by atoms with Gasteiger partial charge in [-0.2, -0.15) is 0 Å². The number of nitrogens with one attached hydrogen (secondary N) is 1. The minimum atomic E-state index is 0.823. The lowest BCUT2D eigenvalue weighted by Gasteiger charge is -2.21. The van der Waals surface area contributed by atoms with E-state index in [0.29, 0.717) is 0 Å². The summed E-state index contributed by atoms with van der Waals surface area (Å²) in [6, 6.07) is 0. The van der Waals surface area contributed by atoms with E-state index < -0.39 is 0 Å². The van der Waals surface area contributed by atoms with Gasteiger partial charge in [0.1, 0.15) is 0 Å². The molecule has 0 rings (SSSR count). The molecule has 0 spiro atoms. The molecular weight excluding hydrogens is 216 g/mol. The van der Waals surface area contributed by atoms with Crippen LogP contribution in [-0.4, -0.2) is 65.6 Å². The molecule has 0 aliphatic carbocycles. The van der Waals surface area contributed by atoms with Crippen molar-refractivity contribution in [2.24, 2.45) is 0 Å². The fourth-order valence-corrected chi connectivity index (χ4v) is 1.80. The first kappa shape index (κ1) is 16.8. The molecule has 0 radical (unpaired) electrons. The normalized spacial score (nSPS) is 11.3. The van der Waals surface area contributed by atoms with Gasteiger partial charge in [0.25, 0.3) is 0 Å². The van der Waals surface area contributed by atoms with Crippen LogP contribution >= 0.6 is 0 Å². The fourth-order valence-electron chi connectivity index (χ4n) is 1.80. The summed E-state index contributed by atoms with van der Waals surface area (Å²) >= 11 is 0. The van der Waals surface area contributed by atoms with Crippen molar-refractivity contribution < 1.29 is 9.47 Å². The highest BCUT2D eigenvalue weighted by molar-refractivity contribution is 4.58. The topological polar surface area (TPSA) is 33.7 Å². The van der Waals surface area contributed by atoms with Gasteiger partial charge < -0.3 is 19.7 Å². The molecule has 0 heterocycles. The SMILES string of the molecule is CNCCCCCN(CCCOC)CCOC. The standard InChI is InChI=1S/C13H30N2O2/c1-14-8-5-4-6-9-15(11-13-17-3)10-7-12-16-2/h14H,4-13H2,1-3H3. The highest BCUT2D eigenvalue weighted by Crippen LogP contribution is 2.00. The molecule has 0 fully saturated rings. The molecule has 0 aromatic rings. The molecule has 4 nitrogen and oxygen atoms in total. The maximum absolute atomic E-state index is 5.14. The predicted octanol–water partition coefficient (Wildman–Crippen LogP) is 1.36. The second-order valence-corrected chi connectivity index (χ2v) is 4.35. The number of hydrogen-bond donors (Lipinski definition) is 1. The zero-order chi connectivity index (χ0) is 12.8. The highest BCUT2D eigenvalue weighted by atomic mass is 16.5. The summed E-state index contributed by atoms with van der Waals surface area (Å²) in [4.78, 5) is 2.47. The zero-order valence-electron chi connectivity index (χ0n) is 11.8. The van der Waals surface area contributed by atoms with Crippen molar-refractivity contribution in [1.82, 2.24) is 10.2 Å². The van der Waals surface area contributed by atoms with Crippen LogP contribution in [0.4, 0.5) is 0 Å². The molecular formula is C13H30N2O2. The molecule has 0 unspecified atom stereocenters. The Labute approximate surface area is 107 Å². The second kappa shape index (κ2) is 13.9. The predicted molar refractivity (Wildman–Crippen MR) is 72.6 cm³/mol. The van der Waals surface area contributed by atoms with E-state index in [0.717, 1.165) is 39.3 Å². The minimum Gasteiger partial charge on any atom is -0.385 e. The van der Waals surface area contributed by atoms with Gasteiger partial charge in [-0.1, -0.05) is 6.42 Å². The largest absolute Gasteiger partial charge is 0.385 e. The van der Waals surface area contributed by atoms with Crippen molar-refractivity contribution in [3.8, 4) is 0 Å². The van der Waals surface area contributed by atoms with Crippen LogP contribution in [0.5, 0.6) is 0 Å². The van der Waals surface area contributed by atoms with Crippen molar-refractivity contribution in [2.45, 2.75) is 25.7 Å². The van der Waals surface area contributed by atoms with Crippen LogP contribution in [0.1, 0.15) is 25.7 Å². The zero-order valence-corrected chi connectivity index (χ0v) is 11.8. The Morgan fingerprint density at radius 1 is 0.824 bits per heavy atom. The third kappa shape index (κ3) is 12.1. The number of ether oxygens (including phenoxy) is 2. The number of rotatable bonds is 13. The average Bonchev–Trinajstić information content (AvgIpc) is 2.35. The lowest BCUT2D eigenvalue weighted by atomic mass is 10.2. The Balaban J connectivity index is 3.53. The Kier molecular flexibility index (Phi) is 13.8. The van der Waals surface area contributed by atoms with Crippen molar-refractivity contribution in [2.75, 3.05) is 60.7 Å². The molecule has 0 saturated carbocycles. The summed E-state index contributed by atoms with van der Waals surface area (Å²) in [7, 11) is 5.53. The summed E-state index contributed by atoms with van der Waals surface area (Å²) in [5.74, 6) is 0. The molecule has 0 aromatic heterocycles. The molecule has 4 heteroatoms. The first-order valence-electron chi connectivity index (χ1n) is 6.70. The van der Waals surface area contributed by atoms with Crippen molar-refractivity contribution in [3.05, 3.63) is 0 Å². The van der Waals surface area contributed by atoms with E-state index in [4.69, 9.17) is 9.47 Å². The molecule has 0 atom stereocenters. The van der Waals surface area contributed by atoms with Gasteiger partial charge in [0.05, 0.1) is 6.61 Å². The fraction of sp³-hybridized carbons (Fsp3) is 1.00. The Morgan fingerprint density at radius 3 is 2.18 bits per heavy atom. The van der Waals surface area contributed by atoms with Crippen LogP contribution < -0.4 is 5.32 Å². The van der Waals surface area contributed by atoms with Crippen LogP contribution in [0.25, 0.3) is 0 Å². The Bertz CT molecular complexity index is 145. The lowest BCUT2D eigenvalue weighted by Crippen LogP contribution is -2.30. The molecule has 0 aliphatic rings. The van der Waals surface area contributed by atoms with Crippen molar-refractivity contribution >= 4 is 0 Å². The quantitative estimate of drug-likeness (QED) is 0.498. The number of methoxy groups -OCH3 is 2. The molecule has 0 aromatic carbocycles. The van der Waals surface area contributed by atoms with Gasteiger partial charge in [0.15, 0.2) is 0 Å². The number of hydrogen-bond acceptors (Lipinski definition) is 4. The van der Waals surface area contributed by atoms with E-state index in [-0.39, 0.29) is 0 Å². The van der Waals surface area contributed by atoms with Gasteiger partial charge in [-0.3, -0.25) is 0 Å². The van der Waals surface area contributed by atoms with Gasteiger partial charge >= 0.3 is 0 Å². The molecule has 104 valence electrons. The summed E-state index contributed by atoms with van der Waals surface area (Å²) in [5, 5.41) is 3.18. The Hall–Kier alpha value is -0.160. The third-order valence-electron chi connectivity index (χ3n) is 2.84. The Morgan fingerprint density at radius 2 is 1.53 bits per heavy atom. The molecule has 0 aliphatic heterocycles. The molecule has 0 saturated heterocycles. The number of nitrogens with zero attached hydrogens (tertiary/aromatic N) is 1. The van der Waals surface area contributed by atoms with E-state index >= 15 is 0 Å². The van der Waals surface area contributed by atoms with E-state index in [9.17, 15) is 0 Å². The van der Waals surface area contributed by atoms with Gasteiger partial charge in [-0.15, -0.1) is 0 Å². The summed E-state index contributed by atoms with van der Waals surface area (Å²) in [6.45, 7) is 6.13. The summed E-state index contributed by atoms with van der Waals surface area (Å²) in [6.07, 6.45) is 4.95. The van der Waals surface area contributed by atoms with Gasteiger partial charge in [0.2, 0.25) is 0 Å². The van der Waals surface area contributed by atoms with E-state index in [1.165, 1.54) is 25.8 Å². The van der Waals surface area contributed by atoms with E-state index in [2.05, 4.69) is 10.2 Å². The lowest BCUT2D eigenvalue weighted by molar-refractivity contribution is 0.131. The van der Waals surface area contributed by atoms with E-state index in [1.807, 2.05) is 7.05 Å². The maximum atomic E-state index is 5.14. The molecule has 1 N–H and O–H groups in total. The average molecular weight is 246 g/mol. The van der Waals surface area contributed by atoms with Gasteiger partial charge in [-0.25, -0.2) is 0 Å². The summed E-state index contributed by atoms with van der Waals surface area (Å²) < 4.78 is 10.2. The molecule has 0 bridgehead atoms. The van der Waals surface area contributed by atoms with Crippen molar-refractivity contribution in [1.29, 1.82) is 0 Å². The smallest absolute Gasteiger partial charge is 0.0589 e. The number of unbranched alkanes of at least 4 members (excludes halogenated alkanes) is 2.